The molecule has 0 saturated carbocycles. The number of pyridine rings is 2. The standard InChI is InChI=1S/C40H46N4O4S2/c1-47-37-21-15-33(16-22-37)13-19-35-9-3-5-27-43(35)29-7-11-39(45)41-25-31-49-50-32-26-42-40(46)12-8-30-44-28-6-4-10-36(44)20-14-34-17-23-38(48-2)24-18-34/h3-6,9-10,13-24,27-28H,7-8,11-12,25-26,29-32H2,1-2H3/p+2/b19-13+,20-14+. The summed E-state index contributed by atoms with van der Waals surface area (Å²) in [4.78, 5) is 24.8. The minimum Gasteiger partial charge on any atom is -0.497 e. The topological polar surface area (TPSA) is 84.4 Å². The van der Waals surface area contributed by atoms with Crippen molar-refractivity contribution in [3.63, 3.8) is 0 Å². The maximum atomic E-state index is 12.4. The van der Waals surface area contributed by atoms with Gasteiger partial charge in [0.1, 0.15) is 24.6 Å². The molecule has 4 aromatic rings. The van der Waals surface area contributed by atoms with Gasteiger partial charge in [-0.3, -0.25) is 9.59 Å². The summed E-state index contributed by atoms with van der Waals surface area (Å²) in [5, 5.41) is 6.04. The molecule has 0 aliphatic rings. The number of aryl methyl sites for hydroxylation is 2. The fourth-order valence-corrected chi connectivity index (χ4v) is 6.87. The quantitative estimate of drug-likeness (QED) is 0.0584. The molecule has 0 aliphatic heterocycles. The molecule has 0 spiro atoms. The van der Waals surface area contributed by atoms with Crippen molar-refractivity contribution >= 4 is 57.7 Å². The third-order valence-corrected chi connectivity index (χ3v) is 10.2. The fourth-order valence-electron chi connectivity index (χ4n) is 5.06. The van der Waals surface area contributed by atoms with Gasteiger partial charge in [0.25, 0.3) is 0 Å². The molecule has 50 heavy (non-hydrogen) atoms. The van der Waals surface area contributed by atoms with Crippen LogP contribution in [0.25, 0.3) is 24.3 Å². The van der Waals surface area contributed by atoms with E-state index in [2.05, 4.69) is 56.2 Å². The van der Waals surface area contributed by atoms with Crippen LogP contribution in [0.4, 0.5) is 0 Å². The number of rotatable bonds is 21. The summed E-state index contributed by atoms with van der Waals surface area (Å²) < 4.78 is 14.8. The Labute approximate surface area is 304 Å². The summed E-state index contributed by atoms with van der Waals surface area (Å²) in [5.74, 6) is 3.46. The predicted octanol–water partition coefficient (Wildman–Crippen LogP) is 6.49. The molecule has 2 amide bonds. The van der Waals surface area contributed by atoms with Crippen molar-refractivity contribution < 1.29 is 28.2 Å². The Kier molecular flexibility index (Phi) is 17.0. The Bertz CT molecular complexity index is 1550. The van der Waals surface area contributed by atoms with Crippen molar-refractivity contribution in [2.75, 3.05) is 38.8 Å². The van der Waals surface area contributed by atoms with E-state index in [1.165, 1.54) is 0 Å². The molecule has 0 radical (unpaired) electrons. The molecule has 0 fully saturated rings. The molecule has 0 bridgehead atoms. The molecule has 4 rings (SSSR count). The van der Waals surface area contributed by atoms with Crippen LogP contribution in [0, 0.1) is 0 Å². The van der Waals surface area contributed by atoms with Crippen molar-refractivity contribution in [3.05, 3.63) is 120 Å². The Morgan fingerprint density at radius 1 is 0.600 bits per heavy atom. The molecule has 2 aromatic carbocycles. The van der Waals surface area contributed by atoms with Crippen LogP contribution in [0.2, 0.25) is 0 Å². The minimum atomic E-state index is 0.0729. The number of benzene rings is 2. The van der Waals surface area contributed by atoms with Gasteiger partial charge in [-0.2, -0.15) is 9.13 Å². The highest BCUT2D eigenvalue weighted by Gasteiger charge is 2.10. The number of hydrogen-bond donors (Lipinski definition) is 2. The number of methoxy groups -OCH3 is 2. The smallest absolute Gasteiger partial charge is 0.220 e. The average molecular weight is 713 g/mol. The first-order valence-electron chi connectivity index (χ1n) is 16.9. The second kappa shape index (κ2) is 22.2. The monoisotopic (exact) mass is 712 g/mol. The number of amides is 2. The minimum absolute atomic E-state index is 0.0729. The van der Waals surface area contributed by atoms with Crippen LogP contribution in [0.3, 0.4) is 0 Å². The summed E-state index contributed by atoms with van der Waals surface area (Å²) >= 11 is 0. The molecule has 10 heteroatoms. The average Bonchev–Trinajstić information content (AvgIpc) is 3.15. The Morgan fingerprint density at radius 3 is 1.42 bits per heavy atom. The molecule has 0 atom stereocenters. The number of ether oxygens (including phenoxy) is 2. The third-order valence-electron chi connectivity index (χ3n) is 7.78. The van der Waals surface area contributed by atoms with Gasteiger partial charge < -0.3 is 20.1 Å². The molecule has 2 N–H and O–H groups in total. The van der Waals surface area contributed by atoms with Crippen LogP contribution in [0.5, 0.6) is 11.5 Å². The van der Waals surface area contributed by atoms with E-state index < -0.39 is 0 Å². The van der Waals surface area contributed by atoms with Gasteiger partial charge in [0.15, 0.2) is 12.4 Å². The summed E-state index contributed by atoms with van der Waals surface area (Å²) in [6, 6.07) is 28.1. The first-order valence-corrected chi connectivity index (χ1v) is 19.4. The summed E-state index contributed by atoms with van der Waals surface area (Å²) in [5.41, 5.74) is 4.37. The zero-order valence-electron chi connectivity index (χ0n) is 29.0. The van der Waals surface area contributed by atoms with Gasteiger partial charge in [-0.15, -0.1) is 0 Å². The summed E-state index contributed by atoms with van der Waals surface area (Å²) in [6.07, 6.45) is 14.9. The molecule has 2 aromatic heterocycles. The number of carbonyl (C=O) groups is 2. The fraction of sp³-hybridized carbons (Fsp3) is 0.300. The lowest BCUT2D eigenvalue weighted by Gasteiger charge is -2.06. The predicted molar refractivity (Wildman–Crippen MR) is 207 cm³/mol. The Hall–Kier alpha value is -4.54. The SMILES string of the molecule is COc1ccc(/C=C/c2cccc[n+]2CCCC(=O)NCCSSCCNC(=O)CCC[n+]2ccccc2/C=C/c2ccc(OC)cc2)cc1. The lowest BCUT2D eigenvalue weighted by Crippen LogP contribution is -2.37. The van der Waals surface area contributed by atoms with E-state index in [1.54, 1.807) is 35.8 Å². The number of nitrogens with zero attached hydrogens (tertiary/aromatic N) is 2. The van der Waals surface area contributed by atoms with Gasteiger partial charge in [-0.1, -0.05) is 45.9 Å². The van der Waals surface area contributed by atoms with Crippen LogP contribution in [0.15, 0.2) is 97.3 Å². The lowest BCUT2D eigenvalue weighted by atomic mass is 10.2. The van der Waals surface area contributed by atoms with Crippen molar-refractivity contribution in [1.29, 1.82) is 0 Å². The third kappa shape index (κ3) is 14.1. The first kappa shape index (κ1) is 38.3. The Balaban J connectivity index is 1.02. The molecule has 0 aliphatic carbocycles. The zero-order valence-corrected chi connectivity index (χ0v) is 30.6. The Morgan fingerprint density at radius 2 is 1.02 bits per heavy atom. The lowest BCUT2D eigenvalue weighted by molar-refractivity contribution is -0.699. The van der Waals surface area contributed by atoms with Gasteiger partial charge >= 0.3 is 0 Å². The van der Waals surface area contributed by atoms with Crippen LogP contribution >= 0.6 is 21.6 Å². The molecule has 8 nitrogen and oxygen atoms in total. The molecule has 0 unspecified atom stereocenters. The second-order valence-electron chi connectivity index (χ2n) is 11.4. The van der Waals surface area contributed by atoms with Crippen molar-refractivity contribution in [3.8, 4) is 11.5 Å². The van der Waals surface area contributed by atoms with E-state index >= 15 is 0 Å². The van der Waals surface area contributed by atoms with E-state index in [9.17, 15) is 9.59 Å². The van der Waals surface area contributed by atoms with E-state index in [0.29, 0.717) is 25.9 Å². The van der Waals surface area contributed by atoms with Crippen LogP contribution in [-0.4, -0.2) is 50.6 Å². The van der Waals surface area contributed by atoms with E-state index in [1.807, 2.05) is 85.2 Å². The van der Waals surface area contributed by atoms with Gasteiger partial charge in [0, 0.05) is 86.7 Å². The molecule has 2 heterocycles. The zero-order chi connectivity index (χ0) is 35.2. The van der Waals surface area contributed by atoms with Crippen LogP contribution in [0.1, 0.15) is 48.2 Å². The molecular weight excluding hydrogens is 665 g/mol. The van der Waals surface area contributed by atoms with Gasteiger partial charge in [-0.25, -0.2) is 0 Å². The normalized spacial score (nSPS) is 11.2. The number of carbonyl (C=O) groups excluding carboxylic acids is 2. The van der Waals surface area contributed by atoms with Gasteiger partial charge in [0.05, 0.1) is 14.2 Å². The van der Waals surface area contributed by atoms with Crippen molar-refractivity contribution in [2.45, 2.75) is 38.8 Å². The summed E-state index contributed by atoms with van der Waals surface area (Å²) in [6.45, 7) is 2.79. The summed E-state index contributed by atoms with van der Waals surface area (Å²) in [7, 11) is 6.75. The molecule has 0 saturated heterocycles. The van der Waals surface area contributed by atoms with E-state index in [4.69, 9.17) is 9.47 Å². The maximum absolute atomic E-state index is 12.4. The number of nitrogens with one attached hydrogen (secondary N) is 2. The van der Waals surface area contributed by atoms with Crippen LogP contribution in [-0.2, 0) is 22.7 Å². The largest absolute Gasteiger partial charge is 0.497 e. The highest BCUT2D eigenvalue weighted by Crippen LogP contribution is 2.19. The molecule has 262 valence electrons. The maximum Gasteiger partial charge on any atom is 0.220 e. The molecular formula is C40H48N4O4S2+2. The van der Waals surface area contributed by atoms with E-state index in [0.717, 1.165) is 71.5 Å². The highest BCUT2D eigenvalue weighted by molar-refractivity contribution is 8.76. The van der Waals surface area contributed by atoms with Gasteiger partial charge in [0.2, 0.25) is 23.2 Å². The second-order valence-corrected chi connectivity index (χ2v) is 14.1. The highest BCUT2D eigenvalue weighted by atomic mass is 33.1. The van der Waals surface area contributed by atoms with Crippen molar-refractivity contribution in [2.24, 2.45) is 0 Å². The van der Waals surface area contributed by atoms with E-state index in [-0.39, 0.29) is 11.8 Å². The van der Waals surface area contributed by atoms with Crippen molar-refractivity contribution in [1.82, 2.24) is 10.6 Å². The first-order chi connectivity index (χ1) is 24.5. The number of hydrogen-bond acceptors (Lipinski definition) is 6. The van der Waals surface area contributed by atoms with Gasteiger partial charge in [-0.05, 0) is 59.7 Å². The number of aromatic nitrogens is 2. The van der Waals surface area contributed by atoms with Crippen LogP contribution < -0.4 is 29.2 Å².